The van der Waals surface area contributed by atoms with E-state index in [1.807, 2.05) is 32.2 Å². The fraction of sp³-hybridized carbons (Fsp3) is 0.471. The van der Waals surface area contributed by atoms with E-state index in [9.17, 15) is 5.11 Å². The Balaban J connectivity index is 2.20. The van der Waals surface area contributed by atoms with Crippen molar-refractivity contribution in [2.24, 2.45) is 7.05 Å². The van der Waals surface area contributed by atoms with E-state index in [0.717, 1.165) is 30.8 Å². The minimum atomic E-state index is 0.187. The van der Waals surface area contributed by atoms with Crippen LogP contribution in [-0.2, 0) is 20.1 Å². The SMILES string of the molecule is Cc1nn(C)c(Cl)c1CN(Cc1ccccc1)C(C)CCO. The summed E-state index contributed by atoms with van der Waals surface area (Å²) in [6, 6.07) is 10.6. The van der Waals surface area contributed by atoms with Gasteiger partial charge in [-0.15, -0.1) is 0 Å². The summed E-state index contributed by atoms with van der Waals surface area (Å²) in [6.45, 7) is 5.87. The maximum absolute atomic E-state index is 9.26. The van der Waals surface area contributed by atoms with Gasteiger partial charge in [0.25, 0.3) is 0 Å². The Labute approximate surface area is 137 Å². The summed E-state index contributed by atoms with van der Waals surface area (Å²) in [7, 11) is 1.86. The molecule has 0 saturated carbocycles. The Morgan fingerprint density at radius 1 is 1.27 bits per heavy atom. The number of rotatable bonds is 7. The number of aliphatic hydroxyl groups is 1. The first kappa shape index (κ1) is 17.0. The van der Waals surface area contributed by atoms with Crippen LogP contribution in [0.1, 0.15) is 30.2 Å². The van der Waals surface area contributed by atoms with Crippen molar-refractivity contribution in [1.82, 2.24) is 14.7 Å². The standard InChI is InChI=1S/C17H24ClN3O/c1-13(9-10-22)21(11-15-7-5-4-6-8-15)12-16-14(2)19-20(3)17(16)18/h4-8,13,22H,9-12H2,1-3H3. The highest BCUT2D eigenvalue weighted by Gasteiger charge is 2.19. The zero-order valence-corrected chi connectivity index (χ0v) is 14.2. The summed E-state index contributed by atoms with van der Waals surface area (Å²) in [6.07, 6.45) is 0.740. The predicted octanol–water partition coefficient (Wildman–Crippen LogP) is 3.16. The van der Waals surface area contributed by atoms with Gasteiger partial charge in [0.1, 0.15) is 5.15 Å². The van der Waals surface area contributed by atoms with Gasteiger partial charge in [-0.2, -0.15) is 5.10 Å². The van der Waals surface area contributed by atoms with E-state index in [-0.39, 0.29) is 12.6 Å². The number of aryl methyl sites for hydroxylation is 2. The molecule has 1 N–H and O–H groups in total. The highest BCUT2D eigenvalue weighted by atomic mass is 35.5. The second-order valence-corrected chi connectivity index (χ2v) is 6.09. The number of nitrogens with zero attached hydrogens (tertiary/aromatic N) is 3. The Kier molecular flexibility index (Phi) is 6.00. The number of hydrogen-bond donors (Lipinski definition) is 1. The fourth-order valence-corrected chi connectivity index (χ4v) is 2.85. The lowest BCUT2D eigenvalue weighted by Crippen LogP contribution is -2.33. The molecule has 5 heteroatoms. The molecule has 0 fully saturated rings. The third-order valence-corrected chi connectivity index (χ3v) is 4.50. The maximum Gasteiger partial charge on any atom is 0.131 e. The predicted molar refractivity (Wildman–Crippen MR) is 89.8 cm³/mol. The molecule has 2 rings (SSSR count). The molecule has 4 nitrogen and oxygen atoms in total. The molecule has 0 saturated heterocycles. The first-order valence-electron chi connectivity index (χ1n) is 7.59. The van der Waals surface area contributed by atoms with Gasteiger partial charge < -0.3 is 5.11 Å². The smallest absolute Gasteiger partial charge is 0.131 e. The Morgan fingerprint density at radius 2 is 1.95 bits per heavy atom. The minimum Gasteiger partial charge on any atom is -0.396 e. The molecule has 1 aromatic heterocycles. The summed E-state index contributed by atoms with van der Waals surface area (Å²) in [5, 5.41) is 14.3. The van der Waals surface area contributed by atoms with E-state index in [2.05, 4.69) is 29.1 Å². The largest absolute Gasteiger partial charge is 0.396 e. The molecule has 0 spiro atoms. The fourth-order valence-electron chi connectivity index (χ4n) is 2.61. The molecule has 0 aliphatic carbocycles. The average molecular weight is 322 g/mol. The maximum atomic E-state index is 9.26. The van der Waals surface area contributed by atoms with Crippen molar-refractivity contribution < 1.29 is 5.11 Å². The zero-order chi connectivity index (χ0) is 16.1. The molecular weight excluding hydrogens is 298 g/mol. The van der Waals surface area contributed by atoms with Gasteiger partial charge in [0.2, 0.25) is 0 Å². The van der Waals surface area contributed by atoms with Crippen LogP contribution in [0.5, 0.6) is 0 Å². The molecule has 120 valence electrons. The van der Waals surface area contributed by atoms with Crippen molar-refractivity contribution in [3.8, 4) is 0 Å². The monoisotopic (exact) mass is 321 g/mol. The van der Waals surface area contributed by atoms with Crippen LogP contribution in [0.15, 0.2) is 30.3 Å². The van der Waals surface area contributed by atoms with Gasteiger partial charge in [-0.3, -0.25) is 9.58 Å². The minimum absolute atomic E-state index is 0.187. The summed E-state index contributed by atoms with van der Waals surface area (Å²) in [5.41, 5.74) is 3.27. The lowest BCUT2D eigenvalue weighted by molar-refractivity contribution is 0.153. The molecule has 0 amide bonds. The van der Waals surface area contributed by atoms with Crippen LogP contribution in [0.4, 0.5) is 0 Å². The third-order valence-electron chi connectivity index (χ3n) is 4.03. The lowest BCUT2D eigenvalue weighted by atomic mass is 10.1. The first-order valence-corrected chi connectivity index (χ1v) is 7.97. The molecule has 2 aromatic rings. The van der Waals surface area contributed by atoms with E-state index >= 15 is 0 Å². The highest BCUT2D eigenvalue weighted by molar-refractivity contribution is 6.30. The summed E-state index contributed by atoms with van der Waals surface area (Å²) in [5.74, 6) is 0. The van der Waals surface area contributed by atoms with Crippen molar-refractivity contribution >= 4 is 11.6 Å². The summed E-state index contributed by atoms with van der Waals surface area (Å²) >= 11 is 6.37. The zero-order valence-electron chi connectivity index (χ0n) is 13.5. The van der Waals surface area contributed by atoms with Crippen molar-refractivity contribution in [2.45, 2.75) is 39.4 Å². The van der Waals surface area contributed by atoms with Gasteiger partial charge in [0.15, 0.2) is 0 Å². The number of aromatic nitrogens is 2. The van der Waals surface area contributed by atoms with Crippen LogP contribution in [-0.4, -0.2) is 32.4 Å². The number of aliphatic hydroxyl groups excluding tert-OH is 1. The molecular formula is C17H24ClN3O. The molecule has 1 unspecified atom stereocenters. The van der Waals surface area contributed by atoms with Crippen LogP contribution in [0.3, 0.4) is 0 Å². The Morgan fingerprint density at radius 3 is 2.50 bits per heavy atom. The molecule has 1 aromatic carbocycles. The van der Waals surface area contributed by atoms with E-state index in [1.165, 1.54) is 5.56 Å². The normalized spacial score (nSPS) is 12.8. The third kappa shape index (κ3) is 4.09. The summed E-state index contributed by atoms with van der Waals surface area (Å²) in [4.78, 5) is 2.33. The molecule has 1 heterocycles. The van der Waals surface area contributed by atoms with E-state index in [4.69, 9.17) is 11.6 Å². The van der Waals surface area contributed by atoms with Gasteiger partial charge in [-0.25, -0.2) is 0 Å². The van der Waals surface area contributed by atoms with E-state index in [1.54, 1.807) is 4.68 Å². The second-order valence-electron chi connectivity index (χ2n) is 5.73. The van der Waals surface area contributed by atoms with Crippen molar-refractivity contribution in [3.05, 3.63) is 52.3 Å². The molecule has 22 heavy (non-hydrogen) atoms. The Hall–Kier alpha value is -1.36. The number of hydrogen-bond acceptors (Lipinski definition) is 3. The van der Waals surface area contributed by atoms with Gasteiger partial charge >= 0.3 is 0 Å². The Bertz CT molecular complexity index is 597. The van der Waals surface area contributed by atoms with Gasteiger partial charge in [-0.05, 0) is 25.8 Å². The lowest BCUT2D eigenvalue weighted by Gasteiger charge is -2.29. The highest BCUT2D eigenvalue weighted by Crippen LogP contribution is 2.23. The molecule has 0 aliphatic heterocycles. The topological polar surface area (TPSA) is 41.3 Å². The van der Waals surface area contributed by atoms with Gasteiger partial charge in [0.05, 0.1) is 5.69 Å². The van der Waals surface area contributed by atoms with Crippen molar-refractivity contribution in [2.75, 3.05) is 6.61 Å². The van der Waals surface area contributed by atoms with Crippen molar-refractivity contribution in [3.63, 3.8) is 0 Å². The number of halogens is 1. The van der Waals surface area contributed by atoms with Gasteiger partial charge in [0, 0.05) is 38.3 Å². The van der Waals surface area contributed by atoms with E-state index in [0.29, 0.717) is 5.15 Å². The van der Waals surface area contributed by atoms with Gasteiger partial charge in [-0.1, -0.05) is 41.9 Å². The van der Waals surface area contributed by atoms with Crippen LogP contribution < -0.4 is 0 Å². The second kappa shape index (κ2) is 7.77. The summed E-state index contributed by atoms with van der Waals surface area (Å²) < 4.78 is 1.71. The molecule has 0 aliphatic rings. The van der Waals surface area contributed by atoms with E-state index < -0.39 is 0 Å². The molecule has 1 atom stereocenters. The van der Waals surface area contributed by atoms with Crippen LogP contribution in [0.2, 0.25) is 5.15 Å². The quantitative estimate of drug-likeness (QED) is 0.851. The average Bonchev–Trinajstić information content (AvgIpc) is 2.74. The first-order chi connectivity index (χ1) is 10.5. The molecule has 0 bridgehead atoms. The number of benzene rings is 1. The molecule has 0 radical (unpaired) electrons. The van der Waals surface area contributed by atoms with Crippen LogP contribution in [0.25, 0.3) is 0 Å². The van der Waals surface area contributed by atoms with Crippen LogP contribution >= 0.6 is 11.6 Å². The van der Waals surface area contributed by atoms with Crippen LogP contribution in [0, 0.1) is 6.92 Å². The van der Waals surface area contributed by atoms with Crippen molar-refractivity contribution in [1.29, 1.82) is 0 Å².